The van der Waals surface area contributed by atoms with Gasteiger partial charge >= 0.3 is 0 Å². The molecule has 0 saturated heterocycles. The highest BCUT2D eigenvalue weighted by molar-refractivity contribution is 7.89. The molecule has 3 aromatic rings. The van der Waals surface area contributed by atoms with Crippen LogP contribution in [0.1, 0.15) is 5.56 Å². The van der Waals surface area contributed by atoms with E-state index in [1.54, 1.807) is 36.4 Å². The molecule has 0 bridgehead atoms. The lowest BCUT2D eigenvalue weighted by Gasteiger charge is -2.23. The molecule has 7 nitrogen and oxygen atoms in total. The van der Waals surface area contributed by atoms with E-state index in [1.807, 2.05) is 6.07 Å². The molecule has 174 valence electrons. The van der Waals surface area contributed by atoms with Gasteiger partial charge in [-0.1, -0.05) is 53.5 Å². The van der Waals surface area contributed by atoms with Gasteiger partial charge in [0.05, 0.1) is 36.4 Å². The number of hydrogen-bond acceptors (Lipinski definition) is 5. The van der Waals surface area contributed by atoms with Crippen molar-refractivity contribution in [1.29, 1.82) is 0 Å². The van der Waals surface area contributed by atoms with Gasteiger partial charge in [-0.15, -0.1) is 0 Å². The van der Waals surface area contributed by atoms with E-state index in [0.717, 1.165) is 9.87 Å². The van der Waals surface area contributed by atoms with E-state index < -0.39 is 22.5 Å². The number of rotatable bonds is 9. The van der Waals surface area contributed by atoms with Gasteiger partial charge in [-0.3, -0.25) is 4.79 Å². The first kappa shape index (κ1) is 24.9. The maximum Gasteiger partial charge on any atom is 0.243 e. The summed E-state index contributed by atoms with van der Waals surface area (Å²) >= 11 is 12.1. The Bertz CT molecular complexity index is 1240. The summed E-state index contributed by atoms with van der Waals surface area (Å²) in [7, 11) is -1.21. The predicted octanol–water partition coefficient (Wildman–Crippen LogP) is 4.84. The third-order valence-electron chi connectivity index (χ3n) is 4.72. The lowest BCUT2D eigenvalue weighted by atomic mass is 10.2. The number of nitrogens with one attached hydrogen (secondary N) is 1. The van der Waals surface area contributed by atoms with Gasteiger partial charge in [0.2, 0.25) is 15.9 Å². The van der Waals surface area contributed by atoms with Crippen LogP contribution in [0.3, 0.4) is 0 Å². The van der Waals surface area contributed by atoms with Crippen LogP contribution in [0.4, 0.5) is 5.69 Å². The number of hydrogen-bond donors (Lipinski definition) is 1. The van der Waals surface area contributed by atoms with Crippen molar-refractivity contribution < 1.29 is 22.7 Å². The molecule has 0 spiro atoms. The second-order valence-electron chi connectivity index (χ2n) is 6.95. The lowest BCUT2D eigenvalue weighted by molar-refractivity contribution is -0.116. The van der Waals surface area contributed by atoms with Crippen molar-refractivity contribution in [2.75, 3.05) is 26.1 Å². The maximum absolute atomic E-state index is 13.5. The van der Waals surface area contributed by atoms with E-state index in [0.29, 0.717) is 10.8 Å². The second-order valence-corrected chi connectivity index (χ2v) is 9.73. The number of amides is 1. The van der Waals surface area contributed by atoms with Crippen LogP contribution < -0.4 is 14.8 Å². The molecule has 0 aliphatic rings. The van der Waals surface area contributed by atoms with Crippen LogP contribution in [-0.2, 0) is 21.4 Å². The van der Waals surface area contributed by atoms with Gasteiger partial charge in [-0.05, 0) is 35.9 Å². The zero-order valence-electron chi connectivity index (χ0n) is 17.9. The van der Waals surface area contributed by atoms with Crippen LogP contribution in [0, 0.1) is 0 Å². The third kappa shape index (κ3) is 6.17. The van der Waals surface area contributed by atoms with Gasteiger partial charge in [0, 0.05) is 17.6 Å². The van der Waals surface area contributed by atoms with E-state index in [4.69, 9.17) is 32.7 Å². The quantitative estimate of drug-likeness (QED) is 0.446. The molecular weight excluding hydrogens is 487 g/mol. The first-order chi connectivity index (χ1) is 15.7. The highest BCUT2D eigenvalue weighted by Crippen LogP contribution is 2.31. The molecule has 3 rings (SSSR count). The fourth-order valence-corrected chi connectivity index (χ4v) is 4.82. The first-order valence-electron chi connectivity index (χ1n) is 9.75. The average Bonchev–Trinajstić information content (AvgIpc) is 2.81. The van der Waals surface area contributed by atoms with Gasteiger partial charge < -0.3 is 14.8 Å². The third-order valence-corrected chi connectivity index (χ3v) is 7.07. The fourth-order valence-electron chi connectivity index (χ4n) is 3.08. The van der Waals surface area contributed by atoms with E-state index >= 15 is 0 Å². The van der Waals surface area contributed by atoms with Gasteiger partial charge in [0.1, 0.15) is 0 Å². The number of benzene rings is 3. The highest BCUT2D eigenvalue weighted by Gasteiger charge is 2.28. The Morgan fingerprint density at radius 2 is 1.64 bits per heavy atom. The summed E-state index contributed by atoms with van der Waals surface area (Å²) in [6.45, 7) is -0.470. The van der Waals surface area contributed by atoms with Gasteiger partial charge in [-0.2, -0.15) is 4.31 Å². The molecule has 1 N–H and O–H groups in total. The molecule has 0 fully saturated rings. The largest absolute Gasteiger partial charge is 0.493 e. The summed E-state index contributed by atoms with van der Waals surface area (Å²) in [6, 6.07) is 17.9. The summed E-state index contributed by atoms with van der Waals surface area (Å²) in [4.78, 5) is 12.8. The Morgan fingerprint density at radius 1 is 0.939 bits per heavy atom. The number of carbonyl (C=O) groups excluding carboxylic acids is 1. The molecule has 0 atom stereocenters. The molecular formula is C23H22Cl2N2O5S. The Hall–Kier alpha value is -2.78. The maximum atomic E-state index is 13.5. The van der Waals surface area contributed by atoms with Crippen molar-refractivity contribution in [3.63, 3.8) is 0 Å². The molecule has 1 amide bonds. The van der Waals surface area contributed by atoms with E-state index in [2.05, 4.69) is 5.32 Å². The van der Waals surface area contributed by atoms with Gasteiger partial charge in [-0.25, -0.2) is 8.42 Å². The smallest absolute Gasteiger partial charge is 0.243 e. The topological polar surface area (TPSA) is 84.9 Å². The van der Waals surface area contributed by atoms with E-state index in [1.165, 1.54) is 38.5 Å². The van der Waals surface area contributed by atoms with Crippen LogP contribution in [0.25, 0.3) is 0 Å². The second kappa shape index (κ2) is 10.9. The number of ether oxygens (including phenoxy) is 2. The minimum Gasteiger partial charge on any atom is -0.493 e. The minimum atomic E-state index is -4.08. The normalized spacial score (nSPS) is 11.3. The summed E-state index contributed by atoms with van der Waals surface area (Å²) < 4.78 is 38.5. The Labute approximate surface area is 202 Å². The zero-order valence-corrected chi connectivity index (χ0v) is 20.2. The molecule has 0 heterocycles. The minimum absolute atomic E-state index is 0.0196. The molecule has 33 heavy (non-hydrogen) atoms. The van der Waals surface area contributed by atoms with Crippen LogP contribution >= 0.6 is 23.2 Å². The average molecular weight is 509 g/mol. The van der Waals surface area contributed by atoms with Crippen molar-refractivity contribution >= 4 is 44.8 Å². The van der Waals surface area contributed by atoms with Crippen LogP contribution in [0.15, 0.2) is 71.6 Å². The van der Waals surface area contributed by atoms with Gasteiger partial charge in [0.25, 0.3) is 0 Å². The number of carbonyl (C=O) groups is 1. The van der Waals surface area contributed by atoms with Crippen molar-refractivity contribution in [2.45, 2.75) is 11.4 Å². The number of sulfonamides is 1. The molecule has 0 aliphatic heterocycles. The Balaban J connectivity index is 1.93. The molecule has 0 aromatic heterocycles. The van der Waals surface area contributed by atoms with Gasteiger partial charge in [0.15, 0.2) is 11.5 Å². The summed E-state index contributed by atoms with van der Waals surface area (Å²) in [6.07, 6.45) is 0. The molecule has 0 saturated carbocycles. The summed E-state index contributed by atoms with van der Waals surface area (Å²) in [5.41, 5.74) is 1.01. The number of halogens is 2. The van der Waals surface area contributed by atoms with Crippen LogP contribution in [0.2, 0.25) is 10.0 Å². The molecule has 10 heteroatoms. The van der Waals surface area contributed by atoms with Crippen molar-refractivity contribution in [3.8, 4) is 11.5 Å². The first-order valence-corrected chi connectivity index (χ1v) is 11.9. The Kier molecular flexibility index (Phi) is 8.20. The number of nitrogens with zero attached hydrogens (tertiary/aromatic N) is 1. The van der Waals surface area contributed by atoms with Crippen molar-refractivity contribution in [3.05, 3.63) is 82.3 Å². The van der Waals surface area contributed by atoms with Crippen molar-refractivity contribution in [1.82, 2.24) is 4.31 Å². The molecule has 0 unspecified atom stereocenters. The summed E-state index contributed by atoms with van der Waals surface area (Å²) in [5, 5.41) is 3.29. The fraction of sp³-hybridized carbons (Fsp3) is 0.174. The predicted molar refractivity (Wildman–Crippen MR) is 129 cm³/mol. The van der Waals surface area contributed by atoms with E-state index in [9.17, 15) is 13.2 Å². The SMILES string of the molecule is COc1ccc(S(=O)(=O)N(CC(=O)Nc2cc(Cl)ccc2Cl)Cc2ccccc2)cc1OC. The van der Waals surface area contributed by atoms with E-state index in [-0.39, 0.29) is 27.9 Å². The summed E-state index contributed by atoms with van der Waals surface area (Å²) in [5.74, 6) is 0.0759. The zero-order chi connectivity index (χ0) is 24.0. The van der Waals surface area contributed by atoms with Crippen LogP contribution in [0.5, 0.6) is 11.5 Å². The Morgan fingerprint density at radius 3 is 2.30 bits per heavy atom. The highest BCUT2D eigenvalue weighted by atomic mass is 35.5. The molecule has 0 aliphatic carbocycles. The molecule has 3 aromatic carbocycles. The molecule has 0 radical (unpaired) electrons. The number of methoxy groups -OCH3 is 2. The number of anilines is 1. The monoisotopic (exact) mass is 508 g/mol. The van der Waals surface area contributed by atoms with Crippen molar-refractivity contribution in [2.24, 2.45) is 0 Å². The standard InChI is InChI=1S/C23H22Cl2N2O5S/c1-31-21-11-9-18(13-22(21)32-2)33(29,30)27(14-16-6-4-3-5-7-16)15-23(28)26-20-12-17(24)8-10-19(20)25/h3-13H,14-15H2,1-2H3,(H,26,28). The lowest BCUT2D eigenvalue weighted by Crippen LogP contribution is -2.37. The van der Waals surface area contributed by atoms with Crippen LogP contribution in [-0.4, -0.2) is 39.4 Å².